The molecule has 72 valence electrons. The third-order valence-corrected chi connectivity index (χ3v) is 2.16. The molecule has 0 saturated carbocycles. The minimum atomic E-state index is -0.995. The van der Waals surface area contributed by atoms with Gasteiger partial charge in [-0.25, -0.2) is 4.79 Å². The van der Waals surface area contributed by atoms with Crippen LogP contribution in [0.25, 0.3) is 0 Å². The van der Waals surface area contributed by atoms with E-state index in [1.165, 1.54) is 18.8 Å². The van der Waals surface area contributed by atoms with E-state index in [-0.39, 0.29) is 0 Å². The maximum Gasteiger partial charge on any atom is 0.404 e. The smallest absolute Gasteiger partial charge is 0.404 e. The highest BCUT2D eigenvalue weighted by molar-refractivity contribution is 14.1. The molecule has 0 bridgehead atoms. The zero-order valence-electron chi connectivity index (χ0n) is 6.74. The molecular formula is C5H11IN2O3S. The van der Waals surface area contributed by atoms with Crippen LogP contribution in [-0.4, -0.2) is 32.3 Å². The molecule has 0 aromatic heterocycles. The predicted octanol–water partition coefficient (Wildman–Crippen LogP) is 1.80. The summed E-state index contributed by atoms with van der Waals surface area (Å²) in [5.74, 6) is 0. The lowest BCUT2D eigenvalue weighted by atomic mass is 10.9. The van der Waals surface area contributed by atoms with Crippen LogP contribution in [0.5, 0.6) is 0 Å². The van der Waals surface area contributed by atoms with E-state index in [4.69, 9.17) is 10.3 Å². The van der Waals surface area contributed by atoms with Crippen molar-refractivity contribution in [2.75, 3.05) is 10.8 Å². The van der Waals surface area contributed by atoms with Crippen LogP contribution in [0.4, 0.5) is 4.79 Å². The van der Waals surface area contributed by atoms with Crippen molar-refractivity contribution in [1.29, 1.82) is 0 Å². The van der Waals surface area contributed by atoms with Gasteiger partial charge in [0.2, 0.25) is 0 Å². The molecule has 3 N–H and O–H groups in total. The van der Waals surface area contributed by atoms with Crippen molar-refractivity contribution in [3.63, 3.8) is 0 Å². The van der Waals surface area contributed by atoms with E-state index >= 15 is 0 Å². The van der Waals surface area contributed by atoms with E-state index in [0.717, 1.165) is 8.80 Å². The highest BCUT2D eigenvalue weighted by atomic mass is 127. The molecule has 0 aliphatic carbocycles. The lowest BCUT2D eigenvalue weighted by molar-refractivity contribution is 0.197. The zero-order chi connectivity index (χ0) is 9.98. The number of amides is 1. The Morgan fingerprint density at radius 2 is 2.17 bits per heavy atom. The van der Waals surface area contributed by atoms with E-state index in [0.29, 0.717) is 0 Å². The third kappa shape index (κ3) is 16.4. The molecule has 0 atom stereocenters. The summed E-state index contributed by atoms with van der Waals surface area (Å²) in [5.41, 5.74) is 0. The van der Waals surface area contributed by atoms with Crippen LogP contribution in [0.15, 0.2) is 5.16 Å². The molecule has 1 amide bonds. The first-order chi connectivity index (χ1) is 5.58. The van der Waals surface area contributed by atoms with Crippen molar-refractivity contribution in [3.05, 3.63) is 0 Å². The molecule has 0 aliphatic rings. The number of carbonyl (C=O) groups is 1. The molecule has 0 rings (SSSR count). The number of rotatable bonds is 1. The maximum absolute atomic E-state index is 9.26. The molecular weight excluding hydrogens is 295 g/mol. The van der Waals surface area contributed by atoms with Gasteiger partial charge in [-0.15, -0.1) is 0 Å². The monoisotopic (exact) mass is 306 g/mol. The Balaban J connectivity index is 0. The lowest BCUT2D eigenvalue weighted by Gasteiger charge is -1.86. The fourth-order valence-electron chi connectivity index (χ4n) is 0.108. The second kappa shape index (κ2) is 10.8. The number of halogens is 1. The number of oxime groups is 1. The van der Waals surface area contributed by atoms with Gasteiger partial charge in [-0.1, -0.05) is 39.5 Å². The number of thioether (sulfide) groups is 1. The number of alkyl halides is 1. The Hall–Kier alpha value is -0.180. The first-order valence-corrected chi connectivity index (χ1v) is 5.37. The number of hydrogen-bond acceptors (Lipinski definition) is 4. The standard InChI is InChI=1S/C3H6INOS.C2H5NO2/c1-3(5-6)7-2-4;1-3-2(4)5/h6H,2H2,1H3;3H,1H3,(H,4,5). The van der Waals surface area contributed by atoms with Crippen molar-refractivity contribution in [1.82, 2.24) is 5.32 Å². The SMILES string of the molecule is CC(=NO)SCI.CNC(=O)O. The van der Waals surface area contributed by atoms with E-state index < -0.39 is 6.09 Å². The first kappa shape index (κ1) is 14.3. The topological polar surface area (TPSA) is 81.9 Å². The van der Waals surface area contributed by atoms with E-state index in [9.17, 15) is 4.79 Å². The Morgan fingerprint density at radius 1 is 1.75 bits per heavy atom. The molecule has 0 heterocycles. The van der Waals surface area contributed by atoms with Crippen LogP contribution in [0.1, 0.15) is 6.92 Å². The summed E-state index contributed by atoms with van der Waals surface area (Å²) in [6.45, 7) is 1.77. The highest BCUT2D eigenvalue weighted by Gasteiger charge is 1.85. The Morgan fingerprint density at radius 3 is 2.25 bits per heavy atom. The molecule has 0 aliphatic heterocycles. The van der Waals surface area contributed by atoms with Crippen molar-refractivity contribution < 1.29 is 15.1 Å². The maximum atomic E-state index is 9.26. The number of hydrogen-bond donors (Lipinski definition) is 3. The molecule has 0 aromatic rings. The van der Waals surface area contributed by atoms with Gasteiger partial charge >= 0.3 is 6.09 Å². The lowest BCUT2D eigenvalue weighted by Crippen LogP contribution is -2.13. The van der Waals surface area contributed by atoms with Gasteiger partial charge in [-0.2, -0.15) is 0 Å². The Kier molecular flexibility index (Phi) is 12.9. The largest absolute Gasteiger partial charge is 0.465 e. The van der Waals surface area contributed by atoms with Gasteiger partial charge in [0.1, 0.15) is 5.04 Å². The number of nitrogens with one attached hydrogen (secondary N) is 1. The summed E-state index contributed by atoms with van der Waals surface area (Å²) < 4.78 is 0.938. The van der Waals surface area contributed by atoms with Crippen LogP contribution in [0.3, 0.4) is 0 Å². The average molecular weight is 306 g/mol. The molecule has 0 saturated heterocycles. The molecule has 5 nitrogen and oxygen atoms in total. The summed E-state index contributed by atoms with van der Waals surface area (Å²) in [7, 11) is 1.35. The fraction of sp³-hybridized carbons (Fsp3) is 0.600. The Labute approximate surface area is 88.7 Å². The van der Waals surface area contributed by atoms with E-state index in [1.807, 2.05) is 5.32 Å². The van der Waals surface area contributed by atoms with Gasteiger partial charge < -0.3 is 15.6 Å². The van der Waals surface area contributed by atoms with Crippen molar-refractivity contribution >= 4 is 45.5 Å². The minimum Gasteiger partial charge on any atom is -0.465 e. The van der Waals surface area contributed by atoms with E-state index in [1.54, 1.807) is 6.92 Å². The molecule has 0 aromatic carbocycles. The summed E-state index contributed by atoms with van der Waals surface area (Å²) in [6.07, 6.45) is -0.995. The predicted molar refractivity (Wildman–Crippen MR) is 58.5 cm³/mol. The van der Waals surface area contributed by atoms with Gasteiger partial charge in [0.15, 0.2) is 0 Å². The van der Waals surface area contributed by atoms with Crippen LogP contribution >= 0.6 is 34.4 Å². The third-order valence-electron chi connectivity index (χ3n) is 0.618. The molecule has 0 radical (unpaired) electrons. The fourth-order valence-corrected chi connectivity index (χ4v) is 1.68. The van der Waals surface area contributed by atoms with Crippen molar-refractivity contribution in [2.24, 2.45) is 5.16 Å². The zero-order valence-corrected chi connectivity index (χ0v) is 9.72. The highest BCUT2D eigenvalue weighted by Crippen LogP contribution is 2.05. The van der Waals surface area contributed by atoms with Crippen molar-refractivity contribution in [3.8, 4) is 0 Å². The van der Waals surface area contributed by atoms with Gasteiger partial charge in [-0.05, 0) is 6.92 Å². The van der Waals surface area contributed by atoms with Crippen LogP contribution in [0.2, 0.25) is 0 Å². The van der Waals surface area contributed by atoms with Gasteiger partial charge in [0, 0.05) is 7.05 Å². The minimum absolute atomic E-state index is 0.717. The number of nitrogens with zero attached hydrogens (tertiary/aromatic N) is 1. The van der Waals surface area contributed by atoms with Gasteiger partial charge in [-0.3, -0.25) is 0 Å². The molecule has 0 fully saturated rings. The molecule has 0 spiro atoms. The quantitative estimate of drug-likeness (QED) is 0.172. The summed E-state index contributed by atoms with van der Waals surface area (Å²) in [5, 5.41) is 21.3. The van der Waals surface area contributed by atoms with Gasteiger partial charge in [0.05, 0.1) is 3.76 Å². The first-order valence-electron chi connectivity index (χ1n) is 2.86. The summed E-state index contributed by atoms with van der Waals surface area (Å²) in [6, 6.07) is 0. The van der Waals surface area contributed by atoms with Crippen LogP contribution in [0, 0.1) is 0 Å². The van der Waals surface area contributed by atoms with Crippen LogP contribution in [-0.2, 0) is 0 Å². The van der Waals surface area contributed by atoms with Crippen LogP contribution < -0.4 is 5.32 Å². The molecule has 7 heteroatoms. The van der Waals surface area contributed by atoms with Gasteiger partial charge in [0.25, 0.3) is 0 Å². The second-order valence-electron chi connectivity index (χ2n) is 1.43. The molecule has 12 heavy (non-hydrogen) atoms. The Bertz CT molecular complexity index is 154. The molecule has 0 unspecified atom stereocenters. The number of carboxylic acid groups (broad SMARTS) is 1. The van der Waals surface area contributed by atoms with Crippen molar-refractivity contribution in [2.45, 2.75) is 6.92 Å². The summed E-state index contributed by atoms with van der Waals surface area (Å²) >= 11 is 3.71. The normalized spacial score (nSPS) is 9.75. The average Bonchev–Trinajstić information content (AvgIpc) is 2.06. The van der Waals surface area contributed by atoms with E-state index in [2.05, 4.69) is 27.7 Å². The second-order valence-corrected chi connectivity index (χ2v) is 4.39. The summed E-state index contributed by atoms with van der Waals surface area (Å²) in [4.78, 5) is 9.26.